The zero-order valence-corrected chi connectivity index (χ0v) is 16.1. The molecule has 0 aliphatic rings. The maximum atomic E-state index is 12.3. The molecule has 3 rings (SSSR count). The first-order valence-electron chi connectivity index (χ1n) is 8.67. The van der Waals surface area contributed by atoms with Crippen molar-refractivity contribution in [1.29, 1.82) is 0 Å². The summed E-state index contributed by atoms with van der Waals surface area (Å²) in [5.41, 5.74) is 4.28. The normalized spacial score (nSPS) is 10.9. The number of carbonyl (C=O) groups is 1. The number of amides is 1. The number of nitrogens with zero attached hydrogens (tertiary/aromatic N) is 2. The SMILES string of the molecule is Cc1ccccc1NC(=O)CSc1nccn1-c1ccccc1C(C)C. The van der Waals surface area contributed by atoms with Gasteiger partial charge < -0.3 is 5.32 Å². The van der Waals surface area contributed by atoms with Crippen LogP contribution in [0.1, 0.15) is 30.9 Å². The van der Waals surface area contributed by atoms with E-state index in [1.165, 1.54) is 17.3 Å². The Morgan fingerprint density at radius 3 is 2.65 bits per heavy atom. The molecular formula is C21H23N3OS. The average Bonchev–Trinajstić information content (AvgIpc) is 3.10. The van der Waals surface area contributed by atoms with Crippen LogP contribution in [0.5, 0.6) is 0 Å². The van der Waals surface area contributed by atoms with E-state index in [-0.39, 0.29) is 5.91 Å². The van der Waals surface area contributed by atoms with Crippen molar-refractivity contribution in [2.45, 2.75) is 31.8 Å². The molecule has 4 nitrogen and oxygen atoms in total. The van der Waals surface area contributed by atoms with Gasteiger partial charge in [-0.25, -0.2) is 4.98 Å². The molecule has 0 saturated heterocycles. The van der Waals surface area contributed by atoms with E-state index in [0.717, 1.165) is 22.1 Å². The number of anilines is 1. The van der Waals surface area contributed by atoms with Crippen LogP contribution >= 0.6 is 11.8 Å². The van der Waals surface area contributed by atoms with E-state index in [0.29, 0.717) is 11.7 Å². The van der Waals surface area contributed by atoms with Gasteiger partial charge in [-0.2, -0.15) is 0 Å². The molecule has 0 aliphatic carbocycles. The van der Waals surface area contributed by atoms with E-state index < -0.39 is 0 Å². The summed E-state index contributed by atoms with van der Waals surface area (Å²) >= 11 is 1.44. The average molecular weight is 366 g/mol. The van der Waals surface area contributed by atoms with Gasteiger partial charge in [-0.15, -0.1) is 0 Å². The van der Waals surface area contributed by atoms with Gasteiger partial charge >= 0.3 is 0 Å². The molecular weight excluding hydrogens is 342 g/mol. The Labute approximate surface area is 158 Å². The highest BCUT2D eigenvalue weighted by atomic mass is 32.2. The van der Waals surface area contributed by atoms with Gasteiger partial charge in [0.25, 0.3) is 0 Å². The molecule has 1 N–H and O–H groups in total. The quantitative estimate of drug-likeness (QED) is 0.623. The molecule has 1 aromatic heterocycles. The van der Waals surface area contributed by atoms with Crippen LogP contribution in [0.2, 0.25) is 0 Å². The fraction of sp³-hybridized carbons (Fsp3) is 0.238. The Morgan fingerprint density at radius 1 is 1.15 bits per heavy atom. The number of hydrogen-bond donors (Lipinski definition) is 1. The number of rotatable bonds is 6. The maximum Gasteiger partial charge on any atom is 0.234 e. The third kappa shape index (κ3) is 4.17. The van der Waals surface area contributed by atoms with Crippen LogP contribution in [-0.4, -0.2) is 21.2 Å². The maximum absolute atomic E-state index is 12.3. The summed E-state index contributed by atoms with van der Waals surface area (Å²) in [6.07, 6.45) is 3.72. The number of para-hydroxylation sites is 2. The van der Waals surface area contributed by atoms with Crippen LogP contribution < -0.4 is 5.32 Å². The van der Waals surface area contributed by atoms with E-state index >= 15 is 0 Å². The van der Waals surface area contributed by atoms with Crippen molar-refractivity contribution in [3.8, 4) is 5.69 Å². The van der Waals surface area contributed by atoms with Crippen LogP contribution in [0.25, 0.3) is 5.69 Å². The number of hydrogen-bond acceptors (Lipinski definition) is 3. The second kappa shape index (κ2) is 8.23. The van der Waals surface area contributed by atoms with Crippen molar-refractivity contribution < 1.29 is 4.79 Å². The van der Waals surface area contributed by atoms with E-state index in [4.69, 9.17) is 0 Å². The third-order valence-electron chi connectivity index (χ3n) is 4.18. The molecule has 0 aliphatic heterocycles. The molecule has 0 bridgehead atoms. The minimum absolute atomic E-state index is 0.0315. The van der Waals surface area contributed by atoms with Gasteiger partial charge in [0.2, 0.25) is 5.91 Å². The summed E-state index contributed by atoms with van der Waals surface area (Å²) in [5.74, 6) is 0.696. The molecule has 0 saturated carbocycles. The lowest BCUT2D eigenvalue weighted by Gasteiger charge is -2.15. The van der Waals surface area contributed by atoms with Gasteiger partial charge in [0.1, 0.15) is 0 Å². The monoisotopic (exact) mass is 365 g/mol. The van der Waals surface area contributed by atoms with Crippen molar-refractivity contribution in [2.75, 3.05) is 11.1 Å². The van der Waals surface area contributed by atoms with Gasteiger partial charge in [-0.3, -0.25) is 9.36 Å². The van der Waals surface area contributed by atoms with Gasteiger partial charge in [0, 0.05) is 18.1 Å². The van der Waals surface area contributed by atoms with E-state index in [2.05, 4.69) is 46.9 Å². The lowest BCUT2D eigenvalue weighted by atomic mass is 10.0. The first kappa shape index (κ1) is 18.3. The second-order valence-corrected chi connectivity index (χ2v) is 7.39. The van der Waals surface area contributed by atoms with Crippen molar-refractivity contribution in [3.05, 3.63) is 72.1 Å². The first-order chi connectivity index (χ1) is 12.6. The smallest absolute Gasteiger partial charge is 0.234 e. The highest BCUT2D eigenvalue weighted by Gasteiger charge is 2.13. The van der Waals surface area contributed by atoms with Crippen LogP contribution in [0.3, 0.4) is 0 Å². The summed E-state index contributed by atoms with van der Waals surface area (Å²) < 4.78 is 2.06. The number of carbonyl (C=O) groups excluding carboxylic acids is 1. The van der Waals surface area contributed by atoms with Crippen LogP contribution in [0.15, 0.2) is 66.1 Å². The lowest BCUT2D eigenvalue weighted by Crippen LogP contribution is -2.15. The topological polar surface area (TPSA) is 46.9 Å². The van der Waals surface area contributed by atoms with E-state index in [1.54, 1.807) is 6.20 Å². The Hall–Kier alpha value is -2.53. The number of nitrogens with one attached hydrogen (secondary N) is 1. The highest BCUT2D eigenvalue weighted by molar-refractivity contribution is 7.99. The largest absolute Gasteiger partial charge is 0.325 e. The number of aromatic nitrogens is 2. The summed E-state index contributed by atoms with van der Waals surface area (Å²) in [5, 5.41) is 3.78. The van der Waals surface area contributed by atoms with Gasteiger partial charge in [0.15, 0.2) is 5.16 Å². The summed E-state index contributed by atoms with van der Waals surface area (Å²) in [4.78, 5) is 16.7. The summed E-state index contributed by atoms with van der Waals surface area (Å²) in [7, 11) is 0. The molecule has 1 amide bonds. The Bertz CT molecular complexity index is 902. The van der Waals surface area contributed by atoms with Gasteiger partial charge in [-0.1, -0.05) is 62.0 Å². The zero-order valence-electron chi connectivity index (χ0n) is 15.3. The Balaban J connectivity index is 1.72. The van der Waals surface area contributed by atoms with Crippen molar-refractivity contribution in [1.82, 2.24) is 9.55 Å². The summed E-state index contributed by atoms with van der Waals surface area (Å²) in [6.45, 7) is 6.34. The molecule has 2 aromatic carbocycles. The van der Waals surface area contributed by atoms with Crippen molar-refractivity contribution in [3.63, 3.8) is 0 Å². The minimum Gasteiger partial charge on any atom is -0.325 e. The lowest BCUT2D eigenvalue weighted by molar-refractivity contribution is -0.113. The highest BCUT2D eigenvalue weighted by Crippen LogP contribution is 2.27. The predicted molar refractivity (Wildman–Crippen MR) is 108 cm³/mol. The number of aryl methyl sites for hydroxylation is 1. The van der Waals surface area contributed by atoms with Gasteiger partial charge in [-0.05, 0) is 36.1 Å². The molecule has 0 fully saturated rings. The van der Waals surface area contributed by atoms with Crippen molar-refractivity contribution in [2.24, 2.45) is 0 Å². The van der Waals surface area contributed by atoms with Crippen LogP contribution in [0.4, 0.5) is 5.69 Å². The number of imidazole rings is 1. The molecule has 0 radical (unpaired) electrons. The van der Waals surface area contributed by atoms with Gasteiger partial charge in [0.05, 0.1) is 11.4 Å². The molecule has 134 valence electrons. The third-order valence-corrected chi connectivity index (χ3v) is 5.14. The molecule has 5 heteroatoms. The number of benzene rings is 2. The molecule has 0 spiro atoms. The Kier molecular flexibility index (Phi) is 5.78. The standard InChI is InChI=1S/C21H23N3OS/c1-15(2)17-9-5-7-11-19(17)24-13-12-22-21(24)26-14-20(25)23-18-10-6-4-8-16(18)3/h4-13,15H,14H2,1-3H3,(H,23,25). The molecule has 26 heavy (non-hydrogen) atoms. The van der Waals surface area contributed by atoms with Crippen LogP contribution in [0, 0.1) is 6.92 Å². The second-order valence-electron chi connectivity index (χ2n) is 6.45. The fourth-order valence-corrected chi connectivity index (χ4v) is 3.57. The Morgan fingerprint density at radius 2 is 1.88 bits per heavy atom. The molecule has 0 atom stereocenters. The van der Waals surface area contributed by atoms with Crippen LogP contribution in [-0.2, 0) is 4.79 Å². The van der Waals surface area contributed by atoms with Crippen molar-refractivity contribution >= 4 is 23.4 Å². The summed E-state index contributed by atoms with van der Waals surface area (Å²) in [6, 6.07) is 16.1. The van der Waals surface area contributed by atoms with E-state index in [9.17, 15) is 4.79 Å². The predicted octanol–water partition coefficient (Wildman–Crippen LogP) is 5.03. The first-order valence-corrected chi connectivity index (χ1v) is 9.65. The minimum atomic E-state index is -0.0315. The molecule has 3 aromatic rings. The van der Waals surface area contributed by atoms with E-state index in [1.807, 2.05) is 43.5 Å². The zero-order chi connectivity index (χ0) is 18.5. The molecule has 1 heterocycles. The fourth-order valence-electron chi connectivity index (χ4n) is 2.80. The number of thioether (sulfide) groups is 1. The molecule has 0 unspecified atom stereocenters.